The van der Waals surface area contributed by atoms with Crippen LogP contribution >= 0.6 is 11.9 Å². The van der Waals surface area contributed by atoms with Gasteiger partial charge in [0.15, 0.2) is 0 Å². The number of aromatic nitrogens is 1. The van der Waals surface area contributed by atoms with Crippen LogP contribution in [0.5, 0.6) is 0 Å². The van der Waals surface area contributed by atoms with Crippen LogP contribution in [0.25, 0.3) is 22.0 Å². The summed E-state index contributed by atoms with van der Waals surface area (Å²) in [5.41, 5.74) is 4.52. The first-order chi connectivity index (χ1) is 11.6. The van der Waals surface area contributed by atoms with Crippen molar-refractivity contribution in [3.05, 3.63) is 54.0 Å². The molecule has 0 fully saturated rings. The molecule has 0 saturated heterocycles. The number of hydrogen-bond acceptors (Lipinski definition) is 3. The number of aromatic amines is 1. The molecule has 0 saturated carbocycles. The van der Waals surface area contributed by atoms with Crippen LogP contribution in [-0.2, 0) is 6.54 Å². The molecular formula is C19H20FN3S. The molecule has 24 heavy (non-hydrogen) atoms. The van der Waals surface area contributed by atoms with Crippen molar-refractivity contribution in [3.8, 4) is 11.1 Å². The second-order valence-electron chi connectivity index (χ2n) is 6.47. The lowest BCUT2D eigenvalue weighted by molar-refractivity contribution is 0.352. The summed E-state index contributed by atoms with van der Waals surface area (Å²) in [5, 5.41) is 1.06. The SMILES string of the molecule is CN(C)CCN1Cc2cc(-c3c[nH]c4cc(F)ccc34)ccc2S1. The minimum Gasteiger partial charge on any atom is -0.360 e. The van der Waals surface area contributed by atoms with E-state index >= 15 is 0 Å². The van der Waals surface area contributed by atoms with Gasteiger partial charge in [0, 0.05) is 47.2 Å². The lowest BCUT2D eigenvalue weighted by Crippen LogP contribution is -2.24. The molecular weight excluding hydrogens is 321 g/mol. The summed E-state index contributed by atoms with van der Waals surface area (Å²) in [6.07, 6.45) is 1.97. The Bertz CT molecular complexity index is 887. The fraction of sp³-hybridized carbons (Fsp3) is 0.263. The summed E-state index contributed by atoms with van der Waals surface area (Å²) >= 11 is 1.84. The van der Waals surface area contributed by atoms with Gasteiger partial charge in [0.1, 0.15) is 5.82 Å². The Morgan fingerprint density at radius 1 is 1.21 bits per heavy atom. The molecule has 1 aliphatic rings. The van der Waals surface area contributed by atoms with Gasteiger partial charge in [-0.25, -0.2) is 8.70 Å². The molecule has 0 bridgehead atoms. The predicted molar refractivity (Wildman–Crippen MR) is 98.5 cm³/mol. The zero-order chi connectivity index (χ0) is 16.7. The molecule has 0 radical (unpaired) electrons. The smallest absolute Gasteiger partial charge is 0.125 e. The molecule has 3 nitrogen and oxygen atoms in total. The van der Waals surface area contributed by atoms with Gasteiger partial charge in [-0.2, -0.15) is 0 Å². The lowest BCUT2D eigenvalue weighted by Gasteiger charge is -2.16. The quantitative estimate of drug-likeness (QED) is 0.713. The lowest BCUT2D eigenvalue weighted by atomic mass is 10.0. The molecule has 124 valence electrons. The van der Waals surface area contributed by atoms with Crippen LogP contribution in [-0.4, -0.2) is 41.4 Å². The Kier molecular flexibility index (Phi) is 4.08. The molecule has 5 heteroatoms. The van der Waals surface area contributed by atoms with Gasteiger partial charge in [0.05, 0.1) is 0 Å². The normalized spacial score (nSPS) is 14.7. The summed E-state index contributed by atoms with van der Waals surface area (Å²) in [4.78, 5) is 6.72. The summed E-state index contributed by atoms with van der Waals surface area (Å²) in [5.74, 6) is -0.210. The van der Waals surface area contributed by atoms with Crippen molar-refractivity contribution >= 4 is 22.9 Å². The van der Waals surface area contributed by atoms with Crippen LogP contribution in [0.2, 0.25) is 0 Å². The number of halogens is 1. The van der Waals surface area contributed by atoms with Crippen LogP contribution in [0.1, 0.15) is 5.56 Å². The Labute approximate surface area is 145 Å². The number of hydrogen-bond donors (Lipinski definition) is 1. The van der Waals surface area contributed by atoms with E-state index in [1.54, 1.807) is 6.07 Å². The van der Waals surface area contributed by atoms with Gasteiger partial charge >= 0.3 is 0 Å². The van der Waals surface area contributed by atoms with Crippen LogP contribution in [0.3, 0.4) is 0 Å². The van der Waals surface area contributed by atoms with Crippen molar-refractivity contribution < 1.29 is 4.39 Å². The fourth-order valence-corrected chi connectivity index (χ4v) is 4.12. The Morgan fingerprint density at radius 3 is 2.92 bits per heavy atom. The third-order valence-electron chi connectivity index (χ3n) is 4.39. The highest BCUT2D eigenvalue weighted by Crippen LogP contribution is 2.39. The molecule has 2 heterocycles. The highest BCUT2D eigenvalue weighted by Gasteiger charge is 2.21. The van der Waals surface area contributed by atoms with Gasteiger partial charge in [-0.1, -0.05) is 6.07 Å². The largest absolute Gasteiger partial charge is 0.360 e. The molecule has 0 amide bonds. The summed E-state index contributed by atoms with van der Waals surface area (Å²) in [6, 6.07) is 11.5. The van der Waals surface area contributed by atoms with Crippen molar-refractivity contribution in [3.63, 3.8) is 0 Å². The number of benzene rings is 2. The maximum atomic E-state index is 13.4. The van der Waals surface area contributed by atoms with E-state index in [1.165, 1.54) is 22.1 Å². The molecule has 3 aromatic rings. The number of likely N-dealkylation sites (N-methyl/N-ethyl adjacent to an activating group) is 1. The summed E-state index contributed by atoms with van der Waals surface area (Å²) < 4.78 is 15.8. The van der Waals surface area contributed by atoms with Gasteiger partial charge in [-0.15, -0.1) is 0 Å². The van der Waals surface area contributed by atoms with Crippen molar-refractivity contribution in [1.82, 2.24) is 14.2 Å². The topological polar surface area (TPSA) is 22.3 Å². The number of nitrogens with zero attached hydrogens (tertiary/aromatic N) is 2. The number of fused-ring (bicyclic) bond motifs is 2. The monoisotopic (exact) mass is 341 g/mol. The third-order valence-corrected chi connectivity index (χ3v) is 5.55. The number of H-pyrrole nitrogens is 1. The minimum atomic E-state index is -0.210. The first kappa shape index (κ1) is 15.7. The van der Waals surface area contributed by atoms with Crippen molar-refractivity contribution in [2.75, 3.05) is 27.2 Å². The van der Waals surface area contributed by atoms with E-state index in [0.29, 0.717) is 0 Å². The maximum absolute atomic E-state index is 13.4. The molecule has 2 aromatic carbocycles. The zero-order valence-electron chi connectivity index (χ0n) is 13.8. The Hall–Kier alpha value is -1.82. The second kappa shape index (κ2) is 6.24. The van der Waals surface area contributed by atoms with Crippen molar-refractivity contribution in [1.29, 1.82) is 0 Å². The van der Waals surface area contributed by atoms with Crippen LogP contribution in [0.4, 0.5) is 4.39 Å². The molecule has 1 aromatic heterocycles. The Morgan fingerprint density at radius 2 is 2.08 bits per heavy atom. The zero-order valence-corrected chi connectivity index (χ0v) is 14.7. The molecule has 0 unspecified atom stereocenters. The van der Waals surface area contributed by atoms with E-state index in [2.05, 4.69) is 46.5 Å². The number of rotatable bonds is 4. The molecule has 0 aliphatic carbocycles. The van der Waals surface area contributed by atoms with Crippen molar-refractivity contribution in [2.45, 2.75) is 11.4 Å². The highest BCUT2D eigenvalue weighted by atomic mass is 32.2. The van der Waals surface area contributed by atoms with Crippen LogP contribution in [0.15, 0.2) is 47.5 Å². The standard InChI is InChI=1S/C19H20FN3S/c1-22(2)7-8-23-12-14-9-13(3-6-19(14)24-23)17-11-21-18-10-15(20)4-5-16(17)18/h3-6,9-11,21H,7-8,12H2,1-2H3. The van der Waals surface area contributed by atoms with E-state index < -0.39 is 0 Å². The summed E-state index contributed by atoms with van der Waals surface area (Å²) in [7, 11) is 4.21. The minimum absolute atomic E-state index is 0.210. The fourth-order valence-electron chi connectivity index (χ4n) is 3.09. The van der Waals surface area contributed by atoms with Crippen LogP contribution in [0, 0.1) is 5.82 Å². The van der Waals surface area contributed by atoms with E-state index in [4.69, 9.17) is 0 Å². The van der Waals surface area contributed by atoms with Gasteiger partial charge in [-0.05, 0) is 67.5 Å². The molecule has 4 rings (SSSR count). The van der Waals surface area contributed by atoms with E-state index in [-0.39, 0.29) is 5.82 Å². The number of nitrogens with one attached hydrogen (secondary N) is 1. The van der Waals surface area contributed by atoms with Crippen molar-refractivity contribution in [2.24, 2.45) is 0 Å². The van der Waals surface area contributed by atoms with E-state index in [1.807, 2.05) is 24.2 Å². The molecule has 0 spiro atoms. The second-order valence-corrected chi connectivity index (χ2v) is 7.61. The molecule has 1 N–H and O–H groups in total. The first-order valence-electron chi connectivity index (χ1n) is 8.08. The average molecular weight is 341 g/mol. The van der Waals surface area contributed by atoms with Gasteiger partial charge < -0.3 is 9.88 Å². The van der Waals surface area contributed by atoms with Crippen LogP contribution < -0.4 is 0 Å². The Balaban J connectivity index is 1.62. The van der Waals surface area contributed by atoms with Gasteiger partial charge in [-0.3, -0.25) is 0 Å². The first-order valence-corrected chi connectivity index (χ1v) is 8.85. The molecule has 0 atom stereocenters. The third kappa shape index (κ3) is 2.95. The van der Waals surface area contributed by atoms with Gasteiger partial charge in [0.25, 0.3) is 0 Å². The van der Waals surface area contributed by atoms with E-state index in [9.17, 15) is 4.39 Å². The highest BCUT2D eigenvalue weighted by molar-refractivity contribution is 7.97. The van der Waals surface area contributed by atoms with E-state index in [0.717, 1.165) is 36.1 Å². The summed E-state index contributed by atoms with van der Waals surface area (Å²) in [6.45, 7) is 3.08. The van der Waals surface area contributed by atoms with Gasteiger partial charge in [0.2, 0.25) is 0 Å². The maximum Gasteiger partial charge on any atom is 0.125 e. The average Bonchev–Trinajstić information content (AvgIpc) is 3.14. The predicted octanol–water partition coefficient (Wildman–Crippen LogP) is 4.36. The molecule has 1 aliphatic heterocycles.